The molecule has 0 spiro atoms. The Morgan fingerprint density at radius 3 is 2.17 bits per heavy atom. The number of hydrogen-bond acceptors (Lipinski definition) is 6. The van der Waals surface area contributed by atoms with E-state index in [-0.39, 0.29) is 5.57 Å². The van der Waals surface area contributed by atoms with Gasteiger partial charge in [0.2, 0.25) is 0 Å². The van der Waals surface area contributed by atoms with E-state index in [2.05, 4.69) is 13.2 Å². The maximum atomic E-state index is 8.92. The summed E-state index contributed by atoms with van der Waals surface area (Å²) in [5.41, 5.74) is 0.531. The molecule has 6 heteroatoms. The fourth-order valence-electron chi connectivity index (χ4n) is 1.68. The maximum absolute atomic E-state index is 8.92. The molecule has 0 aliphatic rings. The lowest BCUT2D eigenvalue weighted by atomic mass is 10.1. The Morgan fingerprint density at radius 1 is 0.958 bits per heavy atom. The highest BCUT2D eigenvalue weighted by molar-refractivity contribution is 5.67. The molecule has 0 aromatic heterocycles. The molecule has 0 saturated heterocycles. The van der Waals surface area contributed by atoms with Crippen LogP contribution in [-0.2, 0) is 9.47 Å². The molecule has 0 saturated carbocycles. The number of allylic oxidation sites excluding steroid dienone is 1. The van der Waals surface area contributed by atoms with Gasteiger partial charge in [-0.1, -0.05) is 13.2 Å². The summed E-state index contributed by atoms with van der Waals surface area (Å²) in [5, 5.41) is 17.8. The molecule has 0 N–H and O–H groups in total. The second-order valence-corrected chi connectivity index (χ2v) is 4.25. The zero-order valence-electron chi connectivity index (χ0n) is 13.2. The smallest absolute Gasteiger partial charge is 0.130 e. The first-order valence-corrected chi connectivity index (χ1v) is 7.11. The van der Waals surface area contributed by atoms with Gasteiger partial charge in [0.15, 0.2) is 0 Å². The predicted octanol–water partition coefficient (Wildman–Crippen LogP) is 3.19. The SMILES string of the molecule is C=COCCOc1ccc(OCCOC=C)c(C=C(C#N)C#N)c1. The number of benzene rings is 1. The highest BCUT2D eigenvalue weighted by atomic mass is 16.5. The third kappa shape index (κ3) is 6.59. The molecule has 1 aromatic rings. The normalized spacial score (nSPS) is 8.92. The summed E-state index contributed by atoms with van der Waals surface area (Å²) in [6.45, 7) is 8.24. The Balaban J connectivity index is 2.91. The zero-order chi connectivity index (χ0) is 17.6. The lowest BCUT2D eigenvalue weighted by molar-refractivity contribution is 0.177. The Hall–Kier alpha value is -3.38. The Labute approximate surface area is 141 Å². The van der Waals surface area contributed by atoms with Crippen LogP contribution < -0.4 is 9.47 Å². The van der Waals surface area contributed by atoms with Crippen molar-refractivity contribution in [1.29, 1.82) is 10.5 Å². The van der Waals surface area contributed by atoms with Gasteiger partial charge in [-0.15, -0.1) is 0 Å². The average Bonchev–Trinajstić information content (AvgIpc) is 2.61. The molecule has 0 fully saturated rings. The molecular weight excluding hydrogens is 308 g/mol. The van der Waals surface area contributed by atoms with Crippen molar-refractivity contribution in [3.8, 4) is 23.6 Å². The van der Waals surface area contributed by atoms with Crippen molar-refractivity contribution in [2.45, 2.75) is 0 Å². The summed E-state index contributed by atoms with van der Waals surface area (Å²) >= 11 is 0. The minimum absolute atomic E-state index is 0.0330. The molecule has 0 bridgehead atoms. The summed E-state index contributed by atoms with van der Waals surface area (Å²) in [4.78, 5) is 0. The van der Waals surface area contributed by atoms with Crippen LogP contribution in [0.15, 0.2) is 49.5 Å². The first kappa shape index (κ1) is 18.7. The highest BCUT2D eigenvalue weighted by Gasteiger charge is 2.06. The molecule has 0 aliphatic carbocycles. The zero-order valence-corrected chi connectivity index (χ0v) is 13.2. The first-order valence-electron chi connectivity index (χ1n) is 7.11. The number of ether oxygens (including phenoxy) is 4. The van der Waals surface area contributed by atoms with E-state index in [9.17, 15) is 0 Å². The van der Waals surface area contributed by atoms with Gasteiger partial charge in [-0.3, -0.25) is 0 Å². The predicted molar refractivity (Wildman–Crippen MR) is 88.9 cm³/mol. The molecule has 1 rings (SSSR count). The minimum atomic E-state index is -0.0330. The van der Waals surface area contributed by atoms with Gasteiger partial charge in [0.1, 0.15) is 55.6 Å². The number of rotatable bonds is 11. The average molecular weight is 326 g/mol. The second-order valence-electron chi connectivity index (χ2n) is 4.25. The quantitative estimate of drug-likeness (QED) is 0.353. The van der Waals surface area contributed by atoms with Gasteiger partial charge in [0.25, 0.3) is 0 Å². The van der Waals surface area contributed by atoms with Crippen LogP contribution in [0.3, 0.4) is 0 Å². The van der Waals surface area contributed by atoms with Crippen molar-refractivity contribution in [1.82, 2.24) is 0 Å². The van der Waals surface area contributed by atoms with Gasteiger partial charge >= 0.3 is 0 Å². The summed E-state index contributed by atoms with van der Waals surface area (Å²) in [6.07, 6.45) is 4.11. The molecule has 0 radical (unpaired) electrons. The van der Waals surface area contributed by atoms with Crippen molar-refractivity contribution in [2.24, 2.45) is 0 Å². The Morgan fingerprint density at radius 2 is 1.58 bits per heavy atom. The fourth-order valence-corrected chi connectivity index (χ4v) is 1.68. The van der Waals surface area contributed by atoms with E-state index in [1.165, 1.54) is 18.6 Å². The van der Waals surface area contributed by atoms with Crippen molar-refractivity contribution in [3.05, 3.63) is 55.0 Å². The third-order valence-electron chi connectivity index (χ3n) is 2.69. The van der Waals surface area contributed by atoms with Crippen LogP contribution in [-0.4, -0.2) is 26.4 Å². The van der Waals surface area contributed by atoms with Crippen LogP contribution in [0, 0.1) is 22.7 Å². The van der Waals surface area contributed by atoms with E-state index in [1.54, 1.807) is 18.2 Å². The van der Waals surface area contributed by atoms with Crippen LogP contribution in [0.4, 0.5) is 0 Å². The Bertz CT molecular complexity index is 653. The fraction of sp³-hybridized carbons (Fsp3) is 0.222. The molecule has 0 unspecified atom stereocenters. The van der Waals surface area contributed by atoms with Gasteiger partial charge in [-0.25, -0.2) is 0 Å². The standard InChI is InChI=1S/C18H18N2O4/c1-3-21-7-9-23-17-5-6-18(24-10-8-22-4-2)16(12-17)11-15(13-19)14-20/h3-6,11-12H,1-2,7-10H2. The van der Waals surface area contributed by atoms with E-state index in [4.69, 9.17) is 29.5 Å². The van der Waals surface area contributed by atoms with E-state index >= 15 is 0 Å². The minimum Gasteiger partial charge on any atom is -0.498 e. The Kier molecular flexibility index (Phi) is 8.73. The summed E-state index contributed by atoms with van der Waals surface area (Å²) in [6, 6.07) is 8.76. The van der Waals surface area contributed by atoms with E-state index < -0.39 is 0 Å². The molecule has 0 aliphatic heterocycles. The van der Waals surface area contributed by atoms with Gasteiger partial charge in [0.05, 0.1) is 12.5 Å². The largest absolute Gasteiger partial charge is 0.498 e. The summed E-state index contributed by atoms with van der Waals surface area (Å²) in [7, 11) is 0. The van der Waals surface area contributed by atoms with Gasteiger partial charge in [-0.05, 0) is 24.3 Å². The second kappa shape index (κ2) is 11.2. The topological polar surface area (TPSA) is 84.5 Å². The summed E-state index contributed by atoms with van der Waals surface area (Å²) in [5.74, 6) is 1.08. The lowest BCUT2D eigenvalue weighted by Gasteiger charge is -2.12. The maximum Gasteiger partial charge on any atom is 0.130 e. The first-order chi connectivity index (χ1) is 11.7. The molecule has 0 heterocycles. The highest BCUT2D eigenvalue weighted by Crippen LogP contribution is 2.26. The van der Waals surface area contributed by atoms with Crippen LogP contribution in [0.25, 0.3) is 6.08 Å². The van der Waals surface area contributed by atoms with E-state index in [1.807, 2.05) is 12.1 Å². The van der Waals surface area contributed by atoms with Gasteiger partial charge in [0, 0.05) is 5.56 Å². The monoisotopic (exact) mass is 326 g/mol. The van der Waals surface area contributed by atoms with Crippen LogP contribution in [0.2, 0.25) is 0 Å². The molecule has 0 atom stereocenters. The molecule has 1 aromatic carbocycles. The number of nitriles is 2. The van der Waals surface area contributed by atoms with Crippen molar-refractivity contribution < 1.29 is 18.9 Å². The third-order valence-corrected chi connectivity index (χ3v) is 2.69. The van der Waals surface area contributed by atoms with Crippen molar-refractivity contribution >= 4 is 6.08 Å². The number of nitrogens with zero attached hydrogens (tertiary/aromatic N) is 2. The van der Waals surface area contributed by atoms with Crippen LogP contribution >= 0.6 is 0 Å². The van der Waals surface area contributed by atoms with E-state index in [0.717, 1.165) is 0 Å². The molecule has 124 valence electrons. The molecule has 6 nitrogen and oxygen atoms in total. The van der Waals surface area contributed by atoms with Gasteiger partial charge in [-0.2, -0.15) is 10.5 Å². The molecule has 0 amide bonds. The van der Waals surface area contributed by atoms with Crippen LogP contribution in [0.5, 0.6) is 11.5 Å². The summed E-state index contributed by atoms with van der Waals surface area (Å²) < 4.78 is 21.1. The van der Waals surface area contributed by atoms with E-state index in [0.29, 0.717) is 43.5 Å². The number of hydrogen-bond donors (Lipinski definition) is 0. The van der Waals surface area contributed by atoms with Gasteiger partial charge < -0.3 is 18.9 Å². The van der Waals surface area contributed by atoms with Crippen molar-refractivity contribution in [3.63, 3.8) is 0 Å². The lowest BCUT2D eigenvalue weighted by Crippen LogP contribution is -2.06. The van der Waals surface area contributed by atoms with Crippen LogP contribution in [0.1, 0.15) is 5.56 Å². The molecule has 24 heavy (non-hydrogen) atoms. The van der Waals surface area contributed by atoms with Crippen molar-refractivity contribution in [2.75, 3.05) is 26.4 Å². The molecular formula is C18H18N2O4.